The average molecular weight is 274 g/mol. The van der Waals surface area contributed by atoms with Crippen molar-refractivity contribution in [1.82, 2.24) is 10.2 Å². The molecule has 2 rings (SSSR count). The van der Waals surface area contributed by atoms with Crippen molar-refractivity contribution >= 4 is 13.3 Å². The predicted molar refractivity (Wildman–Crippen MR) is 62.8 cm³/mol. The van der Waals surface area contributed by atoms with E-state index in [1.165, 1.54) is 0 Å². The summed E-state index contributed by atoms with van der Waals surface area (Å²) in [7, 11) is 0.944. The first-order chi connectivity index (χ1) is 8.93. The summed E-state index contributed by atoms with van der Waals surface area (Å²) in [5.41, 5.74) is -2.54. The van der Waals surface area contributed by atoms with Gasteiger partial charge in [0.05, 0.1) is 0 Å². The maximum atomic E-state index is 12.7. The van der Waals surface area contributed by atoms with E-state index < -0.39 is 17.3 Å². The standard InChI is InChI=1S/C10H12BF3N3O2/c12-10(13,14)6-5-8(15-16-9(6)18)17-4-2-1-3-7(17)11-19/h5,7,19H,1-4H2,(H,16,18)/t7-/m0/s1. The highest BCUT2D eigenvalue weighted by Gasteiger charge is 2.35. The summed E-state index contributed by atoms with van der Waals surface area (Å²) < 4.78 is 38.0. The molecule has 9 heteroatoms. The first-order valence-electron chi connectivity index (χ1n) is 5.84. The number of alkyl halides is 3. The molecule has 0 aliphatic carbocycles. The van der Waals surface area contributed by atoms with Crippen molar-refractivity contribution < 1.29 is 18.2 Å². The van der Waals surface area contributed by atoms with Gasteiger partial charge in [-0.3, -0.25) is 4.79 Å². The number of halogens is 3. The maximum absolute atomic E-state index is 12.7. The molecule has 2 N–H and O–H groups in total. The molecule has 1 aliphatic heterocycles. The summed E-state index contributed by atoms with van der Waals surface area (Å²) >= 11 is 0. The van der Waals surface area contributed by atoms with Crippen molar-refractivity contribution in [3.63, 3.8) is 0 Å². The van der Waals surface area contributed by atoms with E-state index in [9.17, 15) is 18.0 Å². The number of aromatic amines is 1. The van der Waals surface area contributed by atoms with Crippen LogP contribution in [-0.2, 0) is 6.18 Å². The molecule has 2 heterocycles. The minimum Gasteiger partial charge on any atom is -0.452 e. The number of piperidine rings is 1. The minimum atomic E-state index is -4.72. The molecule has 0 amide bonds. The second-order valence-electron chi connectivity index (χ2n) is 4.37. The van der Waals surface area contributed by atoms with Gasteiger partial charge in [-0.25, -0.2) is 5.10 Å². The fourth-order valence-electron chi connectivity index (χ4n) is 2.15. The summed E-state index contributed by atoms with van der Waals surface area (Å²) in [6, 6.07) is 0.723. The SMILES string of the molecule is O=c1[nH]nc(N2CCCC[C@H]2[B]O)cc1C(F)(F)F. The Kier molecular flexibility index (Phi) is 3.84. The molecule has 1 atom stereocenters. The molecule has 0 bridgehead atoms. The van der Waals surface area contributed by atoms with Gasteiger partial charge in [0.15, 0.2) is 0 Å². The summed E-state index contributed by atoms with van der Waals surface area (Å²) in [5.74, 6) is -0.366. The number of hydrogen-bond donors (Lipinski definition) is 2. The summed E-state index contributed by atoms with van der Waals surface area (Å²) in [4.78, 5) is 12.7. The van der Waals surface area contributed by atoms with Gasteiger partial charge in [0.25, 0.3) is 5.56 Å². The van der Waals surface area contributed by atoms with E-state index in [4.69, 9.17) is 5.02 Å². The van der Waals surface area contributed by atoms with Crippen molar-refractivity contribution in [1.29, 1.82) is 0 Å². The molecule has 1 radical (unpaired) electrons. The minimum absolute atomic E-state index is 0.0157. The van der Waals surface area contributed by atoms with E-state index in [1.807, 2.05) is 5.10 Å². The van der Waals surface area contributed by atoms with Gasteiger partial charge in [-0.05, 0) is 12.8 Å². The molecule has 1 aliphatic rings. The zero-order chi connectivity index (χ0) is 14.0. The first kappa shape index (κ1) is 13.9. The van der Waals surface area contributed by atoms with Crippen molar-refractivity contribution in [2.24, 2.45) is 0 Å². The number of H-pyrrole nitrogens is 1. The molecule has 1 saturated heterocycles. The molecular weight excluding hydrogens is 262 g/mol. The van der Waals surface area contributed by atoms with Crippen LogP contribution in [0.15, 0.2) is 10.9 Å². The van der Waals surface area contributed by atoms with Gasteiger partial charge >= 0.3 is 13.7 Å². The Bertz CT molecular complexity index is 506. The lowest BCUT2D eigenvalue weighted by atomic mass is 9.80. The van der Waals surface area contributed by atoms with Gasteiger partial charge < -0.3 is 9.92 Å². The molecule has 1 aromatic rings. The first-order valence-corrected chi connectivity index (χ1v) is 5.84. The maximum Gasteiger partial charge on any atom is 0.421 e. The Labute approximate surface area is 107 Å². The van der Waals surface area contributed by atoms with E-state index in [1.54, 1.807) is 4.90 Å². The Balaban J connectivity index is 2.37. The third-order valence-electron chi connectivity index (χ3n) is 3.11. The van der Waals surface area contributed by atoms with Crippen LogP contribution in [0.2, 0.25) is 0 Å². The van der Waals surface area contributed by atoms with Crippen molar-refractivity contribution in [2.75, 3.05) is 11.4 Å². The molecule has 0 unspecified atom stereocenters. The highest BCUT2D eigenvalue weighted by atomic mass is 19.4. The zero-order valence-corrected chi connectivity index (χ0v) is 9.94. The molecule has 0 aromatic carbocycles. The average Bonchev–Trinajstić information content (AvgIpc) is 2.38. The predicted octanol–water partition coefficient (Wildman–Crippen LogP) is 0.717. The fraction of sp³-hybridized carbons (Fsp3) is 0.600. The van der Waals surface area contributed by atoms with E-state index in [0.717, 1.165) is 26.4 Å². The van der Waals surface area contributed by atoms with Crippen LogP contribution < -0.4 is 10.5 Å². The monoisotopic (exact) mass is 274 g/mol. The number of rotatable bonds is 2. The van der Waals surface area contributed by atoms with Crippen molar-refractivity contribution in [3.05, 3.63) is 22.0 Å². The largest absolute Gasteiger partial charge is 0.452 e. The lowest BCUT2D eigenvalue weighted by Crippen LogP contribution is -2.44. The van der Waals surface area contributed by atoms with E-state index in [0.29, 0.717) is 13.0 Å². The molecule has 103 valence electrons. The number of hydrogen-bond acceptors (Lipinski definition) is 4. The highest BCUT2D eigenvalue weighted by molar-refractivity contribution is 6.29. The molecule has 0 saturated carbocycles. The van der Waals surface area contributed by atoms with Gasteiger partial charge in [-0.2, -0.15) is 18.3 Å². The van der Waals surface area contributed by atoms with Crippen LogP contribution in [0.1, 0.15) is 24.8 Å². The third kappa shape index (κ3) is 2.91. The van der Waals surface area contributed by atoms with Crippen LogP contribution in [-0.4, -0.2) is 35.2 Å². The fourth-order valence-corrected chi connectivity index (χ4v) is 2.15. The Hall–Kier alpha value is -1.51. The summed E-state index contributed by atoms with van der Waals surface area (Å²) in [6.07, 6.45) is -2.40. The summed E-state index contributed by atoms with van der Waals surface area (Å²) in [5, 5.41) is 14.6. The zero-order valence-electron chi connectivity index (χ0n) is 9.94. The van der Waals surface area contributed by atoms with Crippen LogP contribution >= 0.6 is 0 Å². The van der Waals surface area contributed by atoms with Crippen LogP contribution in [0.25, 0.3) is 0 Å². The number of nitrogens with one attached hydrogen (secondary N) is 1. The van der Waals surface area contributed by atoms with Gasteiger partial charge in [-0.1, -0.05) is 6.42 Å². The lowest BCUT2D eigenvalue weighted by molar-refractivity contribution is -0.138. The topological polar surface area (TPSA) is 69.2 Å². The smallest absolute Gasteiger partial charge is 0.421 e. The Morgan fingerprint density at radius 1 is 1.47 bits per heavy atom. The Morgan fingerprint density at radius 2 is 2.21 bits per heavy atom. The quantitative estimate of drug-likeness (QED) is 0.779. The van der Waals surface area contributed by atoms with Crippen LogP contribution in [0.3, 0.4) is 0 Å². The molecular formula is C10H12BF3N3O2. The van der Waals surface area contributed by atoms with Crippen LogP contribution in [0.5, 0.6) is 0 Å². The molecule has 1 fully saturated rings. The van der Waals surface area contributed by atoms with Crippen molar-refractivity contribution in [3.8, 4) is 0 Å². The van der Waals surface area contributed by atoms with Gasteiger partial charge in [0, 0.05) is 18.6 Å². The van der Waals surface area contributed by atoms with E-state index in [-0.39, 0.29) is 11.8 Å². The lowest BCUT2D eigenvalue weighted by Gasteiger charge is -2.35. The summed E-state index contributed by atoms with van der Waals surface area (Å²) in [6.45, 7) is 0.484. The molecule has 19 heavy (non-hydrogen) atoms. The second-order valence-corrected chi connectivity index (χ2v) is 4.37. The second kappa shape index (κ2) is 5.24. The molecule has 5 nitrogen and oxygen atoms in total. The highest BCUT2D eigenvalue weighted by Crippen LogP contribution is 2.29. The van der Waals surface area contributed by atoms with Crippen LogP contribution in [0.4, 0.5) is 19.0 Å². The molecule has 1 aromatic heterocycles. The Morgan fingerprint density at radius 3 is 2.84 bits per heavy atom. The van der Waals surface area contributed by atoms with E-state index >= 15 is 0 Å². The number of nitrogens with zero attached hydrogens (tertiary/aromatic N) is 2. The molecule has 0 spiro atoms. The number of aromatic nitrogens is 2. The van der Waals surface area contributed by atoms with Gasteiger partial charge in [-0.15, -0.1) is 0 Å². The number of anilines is 1. The van der Waals surface area contributed by atoms with Crippen molar-refractivity contribution in [2.45, 2.75) is 31.4 Å². The van der Waals surface area contributed by atoms with Crippen LogP contribution in [0, 0.1) is 0 Å². The normalized spacial score (nSPS) is 20.4. The van der Waals surface area contributed by atoms with Gasteiger partial charge in [0.2, 0.25) is 0 Å². The third-order valence-corrected chi connectivity index (χ3v) is 3.11. The van der Waals surface area contributed by atoms with Gasteiger partial charge in [0.1, 0.15) is 11.4 Å². The van der Waals surface area contributed by atoms with E-state index in [2.05, 4.69) is 5.10 Å².